The number of rotatable bonds is 7. The summed E-state index contributed by atoms with van der Waals surface area (Å²) in [6.45, 7) is 12.5. The molecule has 0 fully saturated rings. The fourth-order valence-corrected chi connectivity index (χ4v) is 1.67. The summed E-state index contributed by atoms with van der Waals surface area (Å²) in [6, 6.07) is 7.97. The smallest absolute Gasteiger partial charge is 0.336 e. The molecular formula is C17H24O3. The average molecular weight is 276 g/mol. The van der Waals surface area contributed by atoms with Crippen molar-refractivity contribution in [2.45, 2.75) is 39.5 Å². The fraction of sp³-hybridized carbons (Fsp3) is 0.471. The van der Waals surface area contributed by atoms with E-state index in [1.54, 1.807) is 6.92 Å². The Morgan fingerprint density at radius 1 is 1.20 bits per heavy atom. The second-order valence-corrected chi connectivity index (χ2v) is 5.37. The van der Waals surface area contributed by atoms with Gasteiger partial charge in [0.25, 0.3) is 0 Å². The normalized spacial score (nSPS) is 11.0. The molecule has 0 bridgehead atoms. The van der Waals surface area contributed by atoms with E-state index in [2.05, 4.69) is 39.5 Å². The molecule has 110 valence electrons. The highest BCUT2D eigenvalue weighted by Crippen LogP contribution is 2.28. The summed E-state index contributed by atoms with van der Waals surface area (Å²) < 4.78 is 10.4. The van der Waals surface area contributed by atoms with Crippen LogP contribution in [0.25, 0.3) is 0 Å². The van der Waals surface area contributed by atoms with Crippen LogP contribution in [0, 0.1) is 0 Å². The molecule has 0 aromatic heterocycles. The molecule has 3 nitrogen and oxygen atoms in total. The van der Waals surface area contributed by atoms with E-state index in [9.17, 15) is 4.79 Å². The maximum absolute atomic E-state index is 11.4. The topological polar surface area (TPSA) is 35.5 Å². The molecule has 0 N–H and O–H groups in total. The summed E-state index contributed by atoms with van der Waals surface area (Å²) in [5.74, 6) is 0.322. The average Bonchev–Trinajstić information content (AvgIpc) is 2.45. The number of hydrogen-bond donors (Lipinski definition) is 0. The van der Waals surface area contributed by atoms with Gasteiger partial charge in [-0.25, -0.2) is 4.79 Å². The van der Waals surface area contributed by atoms with Crippen molar-refractivity contribution >= 4 is 5.97 Å². The molecular weight excluding hydrogens is 252 g/mol. The van der Waals surface area contributed by atoms with Crippen molar-refractivity contribution in [1.29, 1.82) is 0 Å². The molecule has 1 aromatic rings. The zero-order valence-electron chi connectivity index (χ0n) is 12.9. The third kappa shape index (κ3) is 4.41. The van der Waals surface area contributed by atoms with Gasteiger partial charge >= 0.3 is 5.97 Å². The van der Waals surface area contributed by atoms with Gasteiger partial charge in [-0.2, -0.15) is 0 Å². The van der Waals surface area contributed by atoms with E-state index in [1.807, 2.05) is 12.1 Å². The van der Waals surface area contributed by atoms with Gasteiger partial charge in [0.1, 0.15) is 12.4 Å². The van der Waals surface area contributed by atoms with Crippen molar-refractivity contribution < 1.29 is 14.3 Å². The Hall–Kier alpha value is -1.77. The SMILES string of the molecule is C=C(COc1ccc(C(C)(C)CC)cc1)C(=O)OCC. The van der Waals surface area contributed by atoms with Crippen LogP contribution in [0.3, 0.4) is 0 Å². The Morgan fingerprint density at radius 3 is 2.30 bits per heavy atom. The predicted octanol–water partition coefficient (Wildman–Crippen LogP) is 3.87. The van der Waals surface area contributed by atoms with Gasteiger partial charge in [0.05, 0.1) is 12.2 Å². The van der Waals surface area contributed by atoms with Gasteiger partial charge in [0, 0.05) is 0 Å². The standard InChI is InChI=1S/C17H24O3/c1-6-17(4,5)14-8-10-15(11-9-14)20-12-13(3)16(18)19-7-2/h8-11H,3,6-7,12H2,1-2,4-5H3. The van der Waals surface area contributed by atoms with Crippen LogP contribution >= 0.6 is 0 Å². The highest BCUT2D eigenvalue weighted by molar-refractivity contribution is 5.88. The maximum atomic E-state index is 11.4. The van der Waals surface area contributed by atoms with Crippen LogP contribution < -0.4 is 4.74 Å². The zero-order chi connectivity index (χ0) is 15.2. The molecule has 0 aliphatic rings. The molecule has 0 saturated carbocycles. The summed E-state index contributed by atoms with van der Waals surface area (Å²) >= 11 is 0. The van der Waals surface area contributed by atoms with Crippen molar-refractivity contribution in [1.82, 2.24) is 0 Å². The minimum Gasteiger partial charge on any atom is -0.489 e. The van der Waals surface area contributed by atoms with Crippen LogP contribution in [0.4, 0.5) is 0 Å². The maximum Gasteiger partial charge on any atom is 0.336 e. The van der Waals surface area contributed by atoms with E-state index in [4.69, 9.17) is 9.47 Å². The third-order valence-corrected chi connectivity index (χ3v) is 3.50. The van der Waals surface area contributed by atoms with Gasteiger partial charge in [-0.3, -0.25) is 0 Å². The number of carbonyl (C=O) groups is 1. The summed E-state index contributed by atoms with van der Waals surface area (Å²) in [5, 5.41) is 0. The lowest BCUT2D eigenvalue weighted by Gasteiger charge is -2.23. The van der Waals surface area contributed by atoms with Gasteiger partial charge in [-0.05, 0) is 36.5 Å². The van der Waals surface area contributed by atoms with E-state index >= 15 is 0 Å². The van der Waals surface area contributed by atoms with E-state index in [0.29, 0.717) is 12.2 Å². The first-order valence-corrected chi connectivity index (χ1v) is 6.99. The minimum atomic E-state index is -0.406. The number of carbonyl (C=O) groups excluding carboxylic acids is 1. The molecule has 0 aliphatic heterocycles. The first-order chi connectivity index (χ1) is 9.40. The van der Waals surface area contributed by atoms with Gasteiger partial charge < -0.3 is 9.47 Å². The van der Waals surface area contributed by atoms with Crippen LogP contribution in [0.5, 0.6) is 5.75 Å². The first kappa shape index (κ1) is 16.3. The number of benzene rings is 1. The molecule has 0 spiro atoms. The number of hydrogen-bond acceptors (Lipinski definition) is 3. The third-order valence-electron chi connectivity index (χ3n) is 3.50. The number of ether oxygens (including phenoxy) is 2. The first-order valence-electron chi connectivity index (χ1n) is 6.99. The van der Waals surface area contributed by atoms with E-state index in [0.717, 1.165) is 12.2 Å². The second-order valence-electron chi connectivity index (χ2n) is 5.37. The fourth-order valence-electron chi connectivity index (χ4n) is 1.67. The Kier molecular flexibility index (Phi) is 5.81. The summed E-state index contributed by atoms with van der Waals surface area (Å²) in [6.07, 6.45) is 1.08. The van der Waals surface area contributed by atoms with E-state index in [-0.39, 0.29) is 12.0 Å². The number of esters is 1. The van der Waals surface area contributed by atoms with Crippen molar-refractivity contribution in [3.05, 3.63) is 42.0 Å². The van der Waals surface area contributed by atoms with Crippen molar-refractivity contribution in [2.24, 2.45) is 0 Å². The molecule has 0 aliphatic carbocycles. The predicted molar refractivity (Wildman–Crippen MR) is 81.0 cm³/mol. The monoisotopic (exact) mass is 276 g/mol. The molecule has 0 amide bonds. The van der Waals surface area contributed by atoms with Gasteiger partial charge in [-0.1, -0.05) is 39.5 Å². The summed E-state index contributed by atoms with van der Waals surface area (Å²) in [7, 11) is 0. The molecule has 20 heavy (non-hydrogen) atoms. The van der Waals surface area contributed by atoms with Crippen LogP contribution in [0.2, 0.25) is 0 Å². The van der Waals surface area contributed by atoms with Gasteiger partial charge in [-0.15, -0.1) is 0 Å². The lowest BCUT2D eigenvalue weighted by Crippen LogP contribution is -2.15. The van der Waals surface area contributed by atoms with E-state index < -0.39 is 5.97 Å². The summed E-state index contributed by atoms with van der Waals surface area (Å²) in [4.78, 5) is 11.4. The van der Waals surface area contributed by atoms with Crippen molar-refractivity contribution in [3.63, 3.8) is 0 Å². The molecule has 1 aromatic carbocycles. The molecule has 0 heterocycles. The highest BCUT2D eigenvalue weighted by atomic mass is 16.5. The Morgan fingerprint density at radius 2 is 1.80 bits per heavy atom. The molecule has 0 saturated heterocycles. The van der Waals surface area contributed by atoms with Crippen molar-refractivity contribution in [2.75, 3.05) is 13.2 Å². The molecule has 0 unspecified atom stereocenters. The van der Waals surface area contributed by atoms with Crippen molar-refractivity contribution in [3.8, 4) is 5.75 Å². The molecule has 3 heteroatoms. The zero-order valence-corrected chi connectivity index (χ0v) is 12.9. The Balaban J connectivity index is 2.58. The van der Waals surface area contributed by atoms with Crippen LogP contribution in [0.1, 0.15) is 39.7 Å². The Labute approximate surface area is 121 Å². The second kappa shape index (κ2) is 7.13. The lowest BCUT2D eigenvalue weighted by molar-refractivity contribution is -0.138. The van der Waals surface area contributed by atoms with Crippen LogP contribution in [-0.2, 0) is 14.9 Å². The largest absolute Gasteiger partial charge is 0.489 e. The van der Waals surface area contributed by atoms with Gasteiger partial charge in [0.2, 0.25) is 0 Å². The van der Waals surface area contributed by atoms with E-state index in [1.165, 1.54) is 5.56 Å². The lowest BCUT2D eigenvalue weighted by atomic mass is 9.82. The molecule has 0 radical (unpaired) electrons. The van der Waals surface area contributed by atoms with Crippen LogP contribution in [0.15, 0.2) is 36.4 Å². The van der Waals surface area contributed by atoms with Gasteiger partial charge in [0.15, 0.2) is 0 Å². The quantitative estimate of drug-likeness (QED) is 0.560. The molecule has 0 atom stereocenters. The highest BCUT2D eigenvalue weighted by Gasteiger charge is 2.17. The Bertz CT molecular complexity index is 458. The summed E-state index contributed by atoms with van der Waals surface area (Å²) in [5.41, 5.74) is 1.76. The molecule has 1 rings (SSSR count). The van der Waals surface area contributed by atoms with Crippen LogP contribution in [-0.4, -0.2) is 19.2 Å². The minimum absolute atomic E-state index is 0.148.